The molecule has 0 amide bonds. The van der Waals surface area contributed by atoms with Gasteiger partial charge in [-0.2, -0.15) is 0 Å². The van der Waals surface area contributed by atoms with E-state index < -0.39 is 5.56 Å². The topological polar surface area (TPSA) is 94.9 Å². The van der Waals surface area contributed by atoms with Crippen LogP contribution in [0.2, 0.25) is 0 Å². The van der Waals surface area contributed by atoms with Gasteiger partial charge in [-0.25, -0.2) is 9.78 Å². The molecule has 0 saturated heterocycles. The quantitative estimate of drug-likeness (QED) is 0.830. The highest BCUT2D eigenvalue weighted by atomic mass is 32.1. The molecule has 0 bridgehead atoms. The molecule has 0 fully saturated rings. The Morgan fingerprint density at radius 3 is 2.81 bits per heavy atom. The lowest BCUT2D eigenvalue weighted by Crippen LogP contribution is -2.40. The van der Waals surface area contributed by atoms with E-state index in [0.717, 1.165) is 23.1 Å². The summed E-state index contributed by atoms with van der Waals surface area (Å²) in [5.41, 5.74) is 8.00. The second-order valence-corrected chi connectivity index (χ2v) is 5.46. The molecule has 0 unspecified atom stereocenters. The molecule has 0 spiro atoms. The van der Waals surface area contributed by atoms with Gasteiger partial charge in [-0.15, -0.1) is 11.3 Å². The van der Waals surface area contributed by atoms with Gasteiger partial charge in [0.15, 0.2) is 0 Å². The molecular weight excluding hydrogens is 290 g/mol. The van der Waals surface area contributed by atoms with Gasteiger partial charge in [0.1, 0.15) is 11.5 Å². The molecule has 0 radical (unpaired) electrons. The maximum atomic E-state index is 12.2. The monoisotopic (exact) mass is 309 g/mol. The fraction of sp³-hybridized carbons (Fsp3) is 0.462. The van der Waals surface area contributed by atoms with Crippen LogP contribution in [0.1, 0.15) is 25.5 Å². The predicted octanol–water partition coefficient (Wildman–Crippen LogP) is 0.998. The highest BCUT2D eigenvalue weighted by Crippen LogP contribution is 2.13. The number of nitrogens with zero attached hydrogens (tertiary/aromatic N) is 3. The van der Waals surface area contributed by atoms with Crippen molar-refractivity contribution in [2.75, 3.05) is 11.1 Å². The molecule has 0 aromatic carbocycles. The number of hydrogen-bond acceptors (Lipinski definition) is 6. The number of anilines is 2. The molecule has 0 saturated carbocycles. The lowest BCUT2D eigenvalue weighted by atomic mass is 10.3. The summed E-state index contributed by atoms with van der Waals surface area (Å²) >= 11 is 1.48. The van der Waals surface area contributed by atoms with Gasteiger partial charge in [0.2, 0.25) is 0 Å². The van der Waals surface area contributed by atoms with E-state index in [0.29, 0.717) is 13.1 Å². The minimum absolute atomic E-state index is 0.187. The second kappa shape index (κ2) is 6.57. The molecule has 3 N–H and O–H groups in total. The highest BCUT2D eigenvalue weighted by molar-refractivity contribution is 7.07. The first-order valence-corrected chi connectivity index (χ1v) is 7.70. The van der Waals surface area contributed by atoms with Crippen LogP contribution in [0.4, 0.5) is 11.5 Å². The highest BCUT2D eigenvalue weighted by Gasteiger charge is 2.14. The summed E-state index contributed by atoms with van der Waals surface area (Å²) in [7, 11) is 1.46. The minimum atomic E-state index is -0.416. The van der Waals surface area contributed by atoms with Crippen LogP contribution in [-0.2, 0) is 20.1 Å². The number of nitrogens with two attached hydrogens (primary N) is 1. The number of rotatable bonds is 6. The molecule has 0 aliphatic heterocycles. The molecule has 0 aliphatic carbocycles. The number of thiazole rings is 1. The van der Waals surface area contributed by atoms with E-state index in [1.807, 2.05) is 12.3 Å². The molecule has 0 aliphatic rings. The van der Waals surface area contributed by atoms with Gasteiger partial charge in [0.25, 0.3) is 5.56 Å². The fourth-order valence-electron chi connectivity index (χ4n) is 1.99. The van der Waals surface area contributed by atoms with Gasteiger partial charge >= 0.3 is 5.69 Å². The molecule has 2 aromatic rings. The number of nitrogen functional groups attached to an aromatic ring is 1. The summed E-state index contributed by atoms with van der Waals surface area (Å²) in [6.45, 7) is 2.93. The van der Waals surface area contributed by atoms with Crippen molar-refractivity contribution in [2.45, 2.75) is 32.9 Å². The maximum absolute atomic E-state index is 12.2. The molecule has 2 heterocycles. The van der Waals surface area contributed by atoms with Crippen LogP contribution in [-0.4, -0.2) is 14.1 Å². The van der Waals surface area contributed by atoms with Crippen LogP contribution >= 0.6 is 11.3 Å². The molecule has 7 nitrogen and oxygen atoms in total. The summed E-state index contributed by atoms with van der Waals surface area (Å²) in [6.07, 6.45) is 1.77. The van der Waals surface area contributed by atoms with Gasteiger partial charge in [0.05, 0.1) is 17.7 Å². The van der Waals surface area contributed by atoms with Crippen molar-refractivity contribution in [2.24, 2.45) is 7.05 Å². The van der Waals surface area contributed by atoms with Gasteiger partial charge in [0, 0.05) is 19.0 Å². The maximum Gasteiger partial charge on any atom is 0.332 e. The predicted molar refractivity (Wildman–Crippen MR) is 84.7 cm³/mol. The van der Waals surface area contributed by atoms with E-state index in [4.69, 9.17) is 5.73 Å². The molecule has 2 aromatic heterocycles. The van der Waals surface area contributed by atoms with Gasteiger partial charge < -0.3 is 11.1 Å². The zero-order chi connectivity index (χ0) is 15.4. The summed E-state index contributed by atoms with van der Waals surface area (Å²) < 4.78 is 2.52. The summed E-state index contributed by atoms with van der Waals surface area (Å²) in [6, 6.07) is 0. The Morgan fingerprint density at radius 2 is 2.19 bits per heavy atom. The SMILES string of the molecule is CCCCn1c(N)c(NCc2cscn2)c(=O)n(C)c1=O. The van der Waals surface area contributed by atoms with E-state index in [2.05, 4.69) is 10.3 Å². The molecule has 8 heteroatoms. The average Bonchev–Trinajstić information content (AvgIpc) is 2.98. The Labute approximate surface area is 126 Å². The van der Waals surface area contributed by atoms with Crippen LogP contribution in [0.5, 0.6) is 0 Å². The van der Waals surface area contributed by atoms with Crippen LogP contribution in [0.25, 0.3) is 0 Å². The average molecular weight is 309 g/mol. The number of hydrogen-bond donors (Lipinski definition) is 2. The number of aromatic nitrogens is 3. The first-order chi connectivity index (χ1) is 10.1. The molecule has 114 valence electrons. The minimum Gasteiger partial charge on any atom is -0.383 e. The van der Waals surface area contributed by atoms with Crippen molar-refractivity contribution in [3.63, 3.8) is 0 Å². The van der Waals surface area contributed by atoms with Crippen molar-refractivity contribution in [3.05, 3.63) is 37.4 Å². The van der Waals surface area contributed by atoms with Crippen molar-refractivity contribution in [1.82, 2.24) is 14.1 Å². The third-order valence-corrected chi connectivity index (χ3v) is 3.88. The van der Waals surface area contributed by atoms with E-state index in [1.165, 1.54) is 23.0 Å². The summed E-state index contributed by atoms with van der Waals surface area (Å²) in [4.78, 5) is 28.4. The van der Waals surface area contributed by atoms with Crippen molar-refractivity contribution in [3.8, 4) is 0 Å². The van der Waals surface area contributed by atoms with Crippen LogP contribution in [0.3, 0.4) is 0 Å². The van der Waals surface area contributed by atoms with Crippen molar-refractivity contribution in [1.29, 1.82) is 0 Å². The lowest BCUT2D eigenvalue weighted by Gasteiger charge is -2.15. The number of nitrogens with one attached hydrogen (secondary N) is 1. The number of unbranched alkanes of at least 4 members (excludes halogenated alkanes) is 1. The fourth-order valence-corrected chi connectivity index (χ4v) is 2.54. The van der Waals surface area contributed by atoms with E-state index in [9.17, 15) is 9.59 Å². The van der Waals surface area contributed by atoms with E-state index in [1.54, 1.807) is 5.51 Å². The molecular formula is C13H19N5O2S. The zero-order valence-electron chi connectivity index (χ0n) is 12.1. The normalized spacial score (nSPS) is 10.8. The van der Waals surface area contributed by atoms with Crippen molar-refractivity contribution >= 4 is 22.8 Å². The lowest BCUT2D eigenvalue weighted by molar-refractivity contribution is 0.575. The second-order valence-electron chi connectivity index (χ2n) is 4.75. The Bertz CT molecular complexity index is 717. The Morgan fingerprint density at radius 1 is 1.43 bits per heavy atom. The first-order valence-electron chi connectivity index (χ1n) is 6.76. The summed E-state index contributed by atoms with van der Waals surface area (Å²) in [5, 5.41) is 4.88. The smallest absolute Gasteiger partial charge is 0.332 e. The molecule has 2 rings (SSSR count). The van der Waals surface area contributed by atoms with Crippen LogP contribution in [0.15, 0.2) is 20.5 Å². The molecule has 21 heavy (non-hydrogen) atoms. The van der Waals surface area contributed by atoms with E-state index >= 15 is 0 Å². The summed E-state index contributed by atoms with van der Waals surface area (Å²) in [5.74, 6) is 0.187. The largest absolute Gasteiger partial charge is 0.383 e. The van der Waals surface area contributed by atoms with Crippen LogP contribution < -0.4 is 22.3 Å². The first kappa shape index (κ1) is 15.3. The third-order valence-electron chi connectivity index (χ3n) is 3.25. The van der Waals surface area contributed by atoms with Gasteiger partial charge in [-0.05, 0) is 6.42 Å². The Kier molecular flexibility index (Phi) is 4.79. The third kappa shape index (κ3) is 3.15. The van der Waals surface area contributed by atoms with Crippen molar-refractivity contribution < 1.29 is 0 Å². The zero-order valence-corrected chi connectivity index (χ0v) is 12.9. The van der Waals surface area contributed by atoms with Gasteiger partial charge in [-0.1, -0.05) is 13.3 Å². The van der Waals surface area contributed by atoms with Gasteiger partial charge in [-0.3, -0.25) is 13.9 Å². The standard InChI is InChI=1S/C13H19N5O2S/c1-3-4-5-18-11(14)10(12(19)17(2)13(18)20)15-6-9-7-21-8-16-9/h7-8,15H,3-6,14H2,1-2H3. The Hall–Kier alpha value is -2.09. The van der Waals surface area contributed by atoms with Crippen LogP contribution in [0, 0.1) is 0 Å². The van der Waals surface area contributed by atoms with E-state index in [-0.39, 0.29) is 17.2 Å². The Balaban J connectivity index is 2.37. The molecule has 0 atom stereocenters.